The fourth-order valence-corrected chi connectivity index (χ4v) is 3.49. The van der Waals surface area contributed by atoms with E-state index in [1.165, 1.54) is 0 Å². The number of fused-ring (bicyclic) bond motifs is 1. The number of aliphatic hydroxyl groups is 1. The van der Waals surface area contributed by atoms with Gasteiger partial charge in [0.2, 0.25) is 0 Å². The Balaban J connectivity index is 0.000000231. The molecule has 0 radical (unpaired) electrons. The third-order valence-corrected chi connectivity index (χ3v) is 4.87. The molecule has 6 nitrogen and oxygen atoms in total. The minimum atomic E-state index is -0.728. The SMILES string of the molecule is CC(O)c1cc(Cl)ccc1NC(=O)OC(C)(C)C.CC1NC(=S)Nc2ccc(Cl)cc21. The number of benzene rings is 2. The molecule has 0 bridgehead atoms. The minimum absolute atomic E-state index is 0.224. The number of aliphatic hydroxyl groups excluding tert-OH is 1. The van der Waals surface area contributed by atoms with Crippen LogP contribution in [0.2, 0.25) is 10.0 Å². The highest BCUT2D eigenvalue weighted by Gasteiger charge is 2.19. The van der Waals surface area contributed by atoms with E-state index in [-0.39, 0.29) is 6.04 Å². The average molecular weight is 484 g/mol. The first-order valence-electron chi connectivity index (χ1n) is 9.70. The summed E-state index contributed by atoms with van der Waals surface area (Å²) in [6.45, 7) is 9.01. The van der Waals surface area contributed by atoms with Gasteiger partial charge in [0.05, 0.1) is 12.1 Å². The van der Waals surface area contributed by atoms with E-state index < -0.39 is 17.8 Å². The van der Waals surface area contributed by atoms with Gasteiger partial charge >= 0.3 is 6.09 Å². The van der Waals surface area contributed by atoms with Gasteiger partial charge in [0.1, 0.15) is 5.60 Å². The van der Waals surface area contributed by atoms with E-state index in [1.54, 1.807) is 45.9 Å². The molecule has 1 aliphatic heterocycles. The van der Waals surface area contributed by atoms with E-state index in [2.05, 4.69) is 22.9 Å². The van der Waals surface area contributed by atoms with Crippen molar-refractivity contribution in [3.8, 4) is 0 Å². The van der Waals surface area contributed by atoms with Crippen molar-refractivity contribution in [2.24, 2.45) is 0 Å². The topological polar surface area (TPSA) is 82.6 Å². The van der Waals surface area contributed by atoms with Crippen LogP contribution in [0.1, 0.15) is 57.9 Å². The third-order valence-electron chi connectivity index (χ3n) is 4.18. The molecule has 2 atom stereocenters. The summed E-state index contributed by atoms with van der Waals surface area (Å²) in [6, 6.07) is 10.9. The highest BCUT2D eigenvalue weighted by Crippen LogP contribution is 2.29. The zero-order valence-electron chi connectivity index (χ0n) is 18.0. The molecule has 9 heteroatoms. The van der Waals surface area contributed by atoms with Crippen molar-refractivity contribution in [1.82, 2.24) is 5.32 Å². The van der Waals surface area contributed by atoms with Crippen LogP contribution in [0.15, 0.2) is 36.4 Å². The van der Waals surface area contributed by atoms with Crippen LogP contribution in [0, 0.1) is 0 Å². The van der Waals surface area contributed by atoms with Crippen LogP contribution in [0.3, 0.4) is 0 Å². The first-order valence-corrected chi connectivity index (χ1v) is 10.9. The molecular formula is C22H27Cl2N3O3S. The van der Waals surface area contributed by atoms with Crippen LogP contribution in [0.25, 0.3) is 0 Å². The number of halogens is 2. The highest BCUT2D eigenvalue weighted by molar-refractivity contribution is 7.80. The molecule has 2 aromatic rings. The van der Waals surface area contributed by atoms with Crippen molar-refractivity contribution in [3.63, 3.8) is 0 Å². The molecule has 2 aromatic carbocycles. The number of carbonyl (C=O) groups is 1. The summed E-state index contributed by atoms with van der Waals surface area (Å²) in [7, 11) is 0. The fraction of sp³-hybridized carbons (Fsp3) is 0.364. The number of thiocarbonyl (C=S) groups is 1. The van der Waals surface area contributed by atoms with Gasteiger partial charge in [-0.2, -0.15) is 0 Å². The van der Waals surface area contributed by atoms with Crippen molar-refractivity contribution in [2.75, 3.05) is 10.6 Å². The average Bonchev–Trinajstić information content (AvgIpc) is 2.62. The summed E-state index contributed by atoms with van der Waals surface area (Å²) in [5, 5.41) is 20.3. The van der Waals surface area contributed by atoms with Crippen molar-refractivity contribution in [2.45, 2.75) is 52.4 Å². The molecule has 0 aromatic heterocycles. The summed E-state index contributed by atoms with van der Waals surface area (Å²) in [4.78, 5) is 11.6. The number of anilines is 2. The fourth-order valence-electron chi connectivity index (χ4n) is 2.85. The van der Waals surface area contributed by atoms with Gasteiger partial charge in [-0.05, 0) is 88.8 Å². The lowest BCUT2D eigenvalue weighted by atomic mass is 10.0. The summed E-state index contributed by atoms with van der Waals surface area (Å²) < 4.78 is 5.14. The second-order valence-corrected chi connectivity index (χ2v) is 9.37. The normalized spacial score (nSPS) is 16.0. The van der Waals surface area contributed by atoms with Crippen LogP contribution in [0.4, 0.5) is 16.2 Å². The summed E-state index contributed by atoms with van der Waals surface area (Å²) in [5.41, 5.74) is 2.67. The zero-order chi connectivity index (χ0) is 23.3. The maximum atomic E-state index is 11.6. The number of ether oxygens (including phenoxy) is 1. The third kappa shape index (κ3) is 7.85. The Kier molecular flexibility index (Phi) is 8.54. The Hall–Kier alpha value is -2.06. The zero-order valence-corrected chi connectivity index (χ0v) is 20.4. The molecule has 0 spiro atoms. The van der Waals surface area contributed by atoms with Gasteiger partial charge in [0.25, 0.3) is 0 Å². The number of carbonyl (C=O) groups excluding carboxylic acids is 1. The molecule has 1 aliphatic rings. The quantitative estimate of drug-likeness (QED) is 0.367. The summed E-state index contributed by atoms with van der Waals surface area (Å²) in [5.74, 6) is 0. The van der Waals surface area contributed by atoms with E-state index in [0.717, 1.165) is 16.3 Å². The summed E-state index contributed by atoms with van der Waals surface area (Å²) in [6.07, 6.45) is -1.29. The smallest absolute Gasteiger partial charge is 0.412 e. The lowest BCUT2D eigenvalue weighted by Gasteiger charge is -2.26. The molecule has 3 rings (SSSR count). The Morgan fingerprint density at radius 2 is 1.81 bits per heavy atom. The Bertz CT molecular complexity index is 962. The Morgan fingerprint density at radius 1 is 1.19 bits per heavy atom. The van der Waals surface area contributed by atoms with Crippen molar-refractivity contribution in [3.05, 3.63) is 57.6 Å². The molecule has 1 amide bonds. The summed E-state index contributed by atoms with van der Waals surface area (Å²) >= 11 is 16.8. The van der Waals surface area contributed by atoms with Crippen LogP contribution in [-0.2, 0) is 4.74 Å². The van der Waals surface area contributed by atoms with Gasteiger partial charge in [-0.3, -0.25) is 5.32 Å². The molecule has 4 N–H and O–H groups in total. The molecular weight excluding hydrogens is 457 g/mol. The highest BCUT2D eigenvalue weighted by atomic mass is 35.5. The van der Waals surface area contributed by atoms with Crippen molar-refractivity contribution < 1.29 is 14.6 Å². The van der Waals surface area contributed by atoms with Gasteiger partial charge in [-0.25, -0.2) is 4.79 Å². The van der Waals surface area contributed by atoms with E-state index in [0.29, 0.717) is 21.4 Å². The van der Waals surface area contributed by atoms with E-state index >= 15 is 0 Å². The first-order chi connectivity index (χ1) is 14.4. The van der Waals surface area contributed by atoms with Gasteiger partial charge in [0, 0.05) is 27.0 Å². The number of rotatable bonds is 2. The number of nitrogens with one attached hydrogen (secondary N) is 3. The van der Waals surface area contributed by atoms with Gasteiger partial charge in [-0.15, -0.1) is 0 Å². The van der Waals surface area contributed by atoms with E-state index in [4.69, 9.17) is 40.2 Å². The molecule has 168 valence electrons. The molecule has 0 saturated heterocycles. The standard InChI is InChI=1S/C13H18ClNO3.C9H9ClN2S/c1-8(16)10-7-9(14)5-6-11(10)15-12(17)18-13(2,3)4;1-5-7-4-6(10)2-3-8(7)12-9(13)11-5/h5-8,16H,1-4H3,(H,15,17);2-5H,1H3,(H2,11,12,13). The second kappa shape index (κ2) is 10.5. The largest absolute Gasteiger partial charge is 0.444 e. The number of hydrogen-bond acceptors (Lipinski definition) is 4. The van der Waals surface area contributed by atoms with E-state index in [1.807, 2.05) is 18.2 Å². The number of hydrogen-bond donors (Lipinski definition) is 4. The number of amides is 1. The predicted molar refractivity (Wildman–Crippen MR) is 131 cm³/mol. The maximum Gasteiger partial charge on any atom is 0.412 e. The van der Waals surface area contributed by atoms with Crippen LogP contribution >= 0.6 is 35.4 Å². The van der Waals surface area contributed by atoms with E-state index in [9.17, 15) is 9.90 Å². The molecule has 1 heterocycles. The van der Waals surface area contributed by atoms with Crippen molar-refractivity contribution in [1.29, 1.82) is 0 Å². The Labute approximate surface area is 198 Å². The minimum Gasteiger partial charge on any atom is -0.444 e. The second-order valence-electron chi connectivity index (χ2n) is 8.09. The van der Waals surface area contributed by atoms with Crippen LogP contribution in [0.5, 0.6) is 0 Å². The van der Waals surface area contributed by atoms with Gasteiger partial charge in [0.15, 0.2) is 5.11 Å². The molecule has 0 aliphatic carbocycles. The molecule has 0 saturated carbocycles. The monoisotopic (exact) mass is 483 g/mol. The molecule has 31 heavy (non-hydrogen) atoms. The first kappa shape index (κ1) is 25.2. The predicted octanol–water partition coefficient (Wildman–Crippen LogP) is 6.44. The van der Waals surface area contributed by atoms with Gasteiger partial charge < -0.3 is 20.5 Å². The molecule has 2 unspecified atom stereocenters. The lowest BCUT2D eigenvalue weighted by molar-refractivity contribution is 0.0635. The maximum absolute atomic E-state index is 11.6. The van der Waals surface area contributed by atoms with Gasteiger partial charge in [-0.1, -0.05) is 23.2 Å². The molecule has 0 fully saturated rings. The van der Waals surface area contributed by atoms with Crippen LogP contribution < -0.4 is 16.0 Å². The van der Waals surface area contributed by atoms with Crippen molar-refractivity contribution >= 4 is 58.0 Å². The lowest BCUT2D eigenvalue weighted by Crippen LogP contribution is -2.35. The Morgan fingerprint density at radius 3 is 2.42 bits per heavy atom. The van der Waals surface area contributed by atoms with Crippen LogP contribution in [-0.4, -0.2) is 21.9 Å².